The molecule has 8 nitrogen and oxygen atoms in total. The maximum Gasteiger partial charge on any atom is 0.319 e. The second kappa shape index (κ2) is 9.05. The van der Waals surface area contributed by atoms with Crippen LogP contribution in [0.25, 0.3) is 0 Å². The summed E-state index contributed by atoms with van der Waals surface area (Å²) in [5.74, 6) is -1.14. The van der Waals surface area contributed by atoms with Crippen molar-refractivity contribution < 1.29 is 24.2 Å². The van der Waals surface area contributed by atoms with E-state index in [0.717, 1.165) is 5.56 Å². The molecule has 1 aromatic rings. The number of carbonyl (C=O) groups is 3. The number of morpholine rings is 1. The number of aliphatic carboxylic acids is 1. The Bertz CT molecular complexity index is 737. The molecule has 0 unspecified atom stereocenters. The number of carboxylic acid groups (broad SMARTS) is 1. The number of rotatable bonds is 4. The quantitative estimate of drug-likeness (QED) is 0.732. The molecule has 1 saturated carbocycles. The summed E-state index contributed by atoms with van der Waals surface area (Å²) in [5, 5.41) is 14.7. The summed E-state index contributed by atoms with van der Waals surface area (Å²) in [6.45, 7) is 4.08. The van der Waals surface area contributed by atoms with Gasteiger partial charge in [0.2, 0.25) is 0 Å². The molecule has 0 atom stereocenters. The summed E-state index contributed by atoms with van der Waals surface area (Å²) in [6.07, 6.45) is 2.45. The van der Waals surface area contributed by atoms with Crippen molar-refractivity contribution in [1.29, 1.82) is 0 Å². The third-order valence-corrected chi connectivity index (χ3v) is 5.44. The predicted octanol–water partition coefficient (Wildman–Crippen LogP) is 2.23. The molecule has 0 aromatic heterocycles. The van der Waals surface area contributed by atoms with E-state index in [1.54, 1.807) is 17.0 Å². The molecule has 1 aromatic carbocycles. The Hall–Kier alpha value is -2.61. The topological polar surface area (TPSA) is 108 Å². The summed E-state index contributed by atoms with van der Waals surface area (Å²) in [6, 6.07) is 4.92. The Morgan fingerprint density at radius 3 is 2.43 bits per heavy atom. The van der Waals surface area contributed by atoms with Gasteiger partial charge in [-0.05, 0) is 50.3 Å². The van der Waals surface area contributed by atoms with Crippen LogP contribution in [0.5, 0.6) is 0 Å². The van der Waals surface area contributed by atoms with Gasteiger partial charge < -0.3 is 25.4 Å². The van der Waals surface area contributed by atoms with Crippen LogP contribution in [-0.2, 0) is 9.53 Å². The minimum Gasteiger partial charge on any atom is -0.481 e. The molecule has 28 heavy (non-hydrogen) atoms. The molecule has 1 saturated heterocycles. The van der Waals surface area contributed by atoms with Crippen LogP contribution in [0.4, 0.5) is 10.5 Å². The van der Waals surface area contributed by atoms with Crippen LogP contribution in [0.3, 0.4) is 0 Å². The van der Waals surface area contributed by atoms with Crippen LogP contribution >= 0.6 is 0 Å². The van der Waals surface area contributed by atoms with Crippen molar-refractivity contribution in [3.05, 3.63) is 29.3 Å². The van der Waals surface area contributed by atoms with E-state index in [1.807, 2.05) is 13.0 Å². The van der Waals surface area contributed by atoms with Crippen molar-refractivity contribution in [3.63, 3.8) is 0 Å². The lowest BCUT2D eigenvalue weighted by molar-refractivity contribution is -0.142. The number of hydrogen-bond donors (Lipinski definition) is 3. The highest BCUT2D eigenvalue weighted by Crippen LogP contribution is 2.24. The molecule has 2 aliphatic rings. The molecule has 1 aliphatic heterocycles. The van der Waals surface area contributed by atoms with Crippen molar-refractivity contribution in [3.8, 4) is 0 Å². The Kier molecular flexibility index (Phi) is 6.51. The Balaban J connectivity index is 1.57. The first-order valence-corrected chi connectivity index (χ1v) is 9.72. The maximum atomic E-state index is 12.8. The van der Waals surface area contributed by atoms with Gasteiger partial charge in [-0.2, -0.15) is 0 Å². The zero-order valence-electron chi connectivity index (χ0n) is 16.1. The number of amides is 3. The predicted molar refractivity (Wildman–Crippen MR) is 103 cm³/mol. The van der Waals surface area contributed by atoms with Crippen molar-refractivity contribution in [2.75, 3.05) is 31.6 Å². The first-order valence-electron chi connectivity index (χ1n) is 9.72. The molecule has 8 heteroatoms. The number of carboxylic acids is 1. The maximum absolute atomic E-state index is 12.8. The standard InChI is InChI=1S/C20H27N3O5/c1-13-2-5-16(12-17(13)18(24)23-8-10-28-11-9-23)22-20(27)21-15-6-3-14(4-7-15)19(25)26/h2,5,12,14-15H,3-4,6-11H2,1H3,(H,25,26)(H2,21,22,27). The lowest BCUT2D eigenvalue weighted by Gasteiger charge is -2.28. The van der Waals surface area contributed by atoms with Crippen molar-refractivity contribution in [2.45, 2.75) is 38.6 Å². The van der Waals surface area contributed by atoms with E-state index in [-0.39, 0.29) is 23.9 Å². The number of anilines is 1. The SMILES string of the molecule is Cc1ccc(NC(=O)NC2CCC(C(=O)O)CC2)cc1C(=O)N1CCOCC1. The van der Waals surface area contributed by atoms with E-state index < -0.39 is 5.97 Å². The number of benzene rings is 1. The van der Waals surface area contributed by atoms with Gasteiger partial charge in [0.25, 0.3) is 5.91 Å². The first-order chi connectivity index (χ1) is 13.4. The average Bonchev–Trinajstić information content (AvgIpc) is 2.70. The van der Waals surface area contributed by atoms with E-state index >= 15 is 0 Å². The lowest BCUT2D eigenvalue weighted by atomic mass is 9.86. The third-order valence-electron chi connectivity index (χ3n) is 5.44. The molecule has 0 bridgehead atoms. The number of carbonyl (C=O) groups excluding carboxylic acids is 2. The number of nitrogens with zero attached hydrogens (tertiary/aromatic N) is 1. The van der Waals surface area contributed by atoms with Crippen LogP contribution in [-0.4, -0.2) is 60.3 Å². The monoisotopic (exact) mass is 389 g/mol. The van der Waals surface area contributed by atoms with Gasteiger partial charge in [0.1, 0.15) is 0 Å². The van der Waals surface area contributed by atoms with Crippen LogP contribution in [0, 0.1) is 12.8 Å². The zero-order valence-corrected chi connectivity index (χ0v) is 16.1. The van der Waals surface area contributed by atoms with E-state index in [1.165, 1.54) is 0 Å². The summed E-state index contributed by atoms with van der Waals surface area (Å²) < 4.78 is 5.29. The number of urea groups is 1. The fraction of sp³-hybridized carbons (Fsp3) is 0.550. The first kappa shape index (κ1) is 20.1. The molecule has 3 amide bonds. The molecular formula is C20H27N3O5. The number of ether oxygens (including phenoxy) is 1. The fourth-order valence-corrected chi connectivity index (χ4v) is 3.70. The Morgan fingerprint density at radius 2 is 1.79 bits per heavy atom. The van der Waals surface area contributed by atoms with Gasteiger partial charge in [-0.3, -0.25) is 9.59 Å². The molecule has 0 spiro atoms. The normalized spacial score (nSPS) is 22.4. The second-order valence-electron chi connectivity index (χ2n) is 7.42. The van der Waals surface area contributed by atoms with Gasteiger partial charge in [0.15, 0.2) is 0 Å². The smallest absolute Gasteiger partial charge is 0.319 e. The molecule has 2 fully saturated rings. The van der Waals surface area contributed by atoms with E-state index in [0.29, 0.717) is 63.2 Å². The molecular weight excluding hydrogens is 362 g/mol. The van der Waals surface area contributed by atoms with Crippen LogP contribution < -0.4 is 10.6 Å². The zero-order chi connectivity index (χ0) is 20.1. The van der Waals surface area contributed by atoms with Gasteiger partial charge in [0.05, 0.1) is 19.1 Å². The van der Waals surface area contributed by atoms with Crippen molar-refractivity contribution in [2.24, 2.45) is 5.92 Å². The number of hydrogen-bond acceptors (Lipinski definition) is 4. The van der Waals surface area contributed by atoms with Gasteiger partial charge in [0, 0.05) is 30.4 Å². The molecule has 0 radical (unpaired) electrons. The third kappa shape index (κ3) is 5.01. The fourth-order valence-electron chi connectivity index (χ4n) is 3.70. The van der Waals surface area contributed by atoms with Gasteiger partial charge >= 0.3 is 12.0 Å². The van der Waals surface area contributed by atoms with E-state index in [4.69, 9.17) is 9.84 Å². The largest absolute Gasteiger partial charge is 0.481 e. The summed E-state index contributed by atoms with van der Waals surface area (Å²) in [5.41, 5.74) is 1.98. The molecule has 3 N–H and O–H groups in total. The average molecular weight is 389 g/mol. The highest BCUT2D eigenvalue weighted by Gasteiger charge is 2.27. The van der Waals surface area contributed by atoms with Crippen LogP contribution in [0.1, 0.15) is 41.6 Å². The minimum absolute atomic E-state index is 0.0319. The number of aryl methyl sites for hydroxylation is 1. The van der Waals surface area contributed by atoms with Gasteiger partial charge in [-0.15, -0.1) is 0 Å². The summed E-state index contributed by atoms with van der Waals surface area (Å²) in [7, 11) is 0. The molecule has 1 aliphatic carbocycles. The van der Waals surface area contributed by atoms with Crippen molar-refractivity contribution in [1.82, 2.24) is 10.2 Å². The number of nitrogens with one attached hydrogen (secondary N) is 2. The van der Waals surface area contributed by atoms with E-state index in [2.05, 4.69) is 10.6 Å². The molecule has 1 heterocycles. The molecule has 152 valence electrons. The highest BCUT2D eigenvalue weighted by atomic mass is 16.5. The van der Waals surface area contributed by atoms with Gasteiger partial charge in [-0.1, -0.05) is 6.07 Å². The van der Waals surface area contributed by atoms with Gasteiger partial charge in [-0.25, -0.2) is 4.79 Å². The molecule has 3 rings (SSSR count). The lowest BCUT2D eigenvalue weighted by Crippen LogP contribution is -2.41. The van der Waals surface area contributed by atoms with Crippen LogP contribution in [0.15, 0.2) is 18.2 Å². The minimum atomic E-state index is -0.764. The van der Waals surface area contributed by atoms with Crippen LogP contribution in [0.2, 0.25) is 0 Å². The second-order valence-corrected chi connectivity index (χ2v) is 7.42. The van der Waals surface area contributed by atoms with Crippen molar-refractivity contribution >= 4 is 23.6 Å². The summed E-state index contributed by atoms with van der Waals surface area (Å²) in [4.78, 5) is 37.8. The van der Waals surface area contributed by atoms with E-state index in [9.17, 15) is 14.4 Å². The summed E-state index contributed by atoms with van der Waals surface area (Å²) >= 11 is 0. The highest BCUT2D eigenvalue weighted by molar-refractivity contribution is 5.98. The Labute approximate surface area is 164 Å². The Morgan fingerprint density at radius 1 is 1.11 bits per heavy atom.